The summed E-state index contributed by atoms with van der Waals surface area (Å²) in [6, 6.07) is 5.21. The van der Waals surface area contributed by atoms with Gasteiger partial charge in [0.15, 0.2) is 0 Å². The number of benzene rings is 1. The quantitative estimate of drug-likeness (QED) is 0.586. The second-order valence-corrected chi connectivity index (χ2v) is 2.10. The minimum absolute atomic E-state index is 0.181. The van der Waals surface area contributed by atoms with Crippen LogP contribution in [0.1, 0.15) is 5.56 Å². The summed E-state index contributed by atoms with van der Waals surface area (Å²) in [7, 11) is 0. The lowest BCUT2D eigenvalue weighted by Crippen LogP contribution is -1.86. The maximum Gasteiger partial charge on any atom is 0.133 e. The highest BCUT2D eigenvalue weighted by atomic mass is 19.1. The van der Waals surface area contributed by atoms with Crippen molar-refractivity contribution in [2.24, 2.45) is 0 Å². The minimum atomic E-state index is -0.665. The van der Waals surface area contributed by atoms with E-state index in [1.54, 1.807) is 6.07 Å². The summed E-state index contributed by atoms with van der Waals surface area (Å²) < 4.78 is 25.5. The molecule has 0 amide bonds. The molecule has 0 aliphatic rings. The molecule has 0 atom stereocenters. The molecule has 0 aromatic heterocycles. The molecule has 1 nitrogen and oxygen atoms in total. The Morgan fingerprint density at radius 1 is 1.25 bits per heavy atom. The fourth-order valence-electron chi connectivity index (χ4n) is 0.791. The molecule has 0 saturated heterocycles. The first-order valence-electron chi connectivity index (χ1n) is 3.26. The number of rotatable bonds is 1. The zero-order chi connectivity index (χ0) is 8.97. The van der Waals surface area contributed by atoms with Crippen LogP contribution in [0.3, 0.4) is 0 Å². The molecular formula is C9H5F2N. The van der Waals surface area contributed by atoms with Crippen LogP contribution < -0.4 is 0 Å². The van der Waals surface area contributed by atoms with E-state index in [0.29, 0.717) is 0 Å². The monoisotopic (exact) mass is 165 g/mol. The Morgan fingerprint density at radius 3 is 2.33 bits per heavy atom. The third-order valence-corrected chi connectivity index (χ3v) is 1.32. The maximum atomic E-state index is 12.8. The van der Waals surface area contributed by atoms with Crippen LogP contribution in [-0.4, -0.2) is 0 Å². The van der Waals surface area contributed by atoms with Crippen molar-refractivity contribution in [1.29, 1.82) is 5.26 Å². The molecule has 3 heteroatoms. The molecule has 0 spiro atoms. The Labute approximate surface area is 68.6 Å². The zero-order valence-electron chi connectivity index (χ0n) is 6.09. The number of hydrogen-bond donors (Lipinski definition) is 0. The molecule has 0 radical (unpaired) electrons. The molecule has 0 aliphatic heterocycles. The normalized spacial score (nSPS) is 10.1. The summed E-state index contributed by atoms with van der Waals surface area (Å²) in [5.41, 5.74) is -0.181. The van der Waals surface area contributed by atoms with Crippen molar-refractivity contribution in [2.45, 2.75) is 0 Å². The average Bonchev–Trinajstić information content (AvgIpc) is 2.04. The summed E-state index contributed by atoms with van der Waals surface area (Å²) in [6.45, 7) is 0. The van der Waals surface area contributed by atoms with Crippen molar-refractivity contribution >= 4 is 6.08 Å². The molecule has 0 fully saturated rings. The van der Waals surface area contributed by atoms with Crippen molar-refractivity contribution in [1.82, 2.24) is 0 Å². The first-order chi connectivity index (χ1) is 5.75. The van der Waals surface area contributed by atoms with E-state index in [4.69, 9.17) is 5.26 Å². The third-order valence-electron chi connectivity index (χ3n) is 1.32. The Hall–Kier alpha value is -1.69. The molecule has 0 bridgehead atoms. The van der Waals surface area contributed by atoms with Gasteiger partial charge in [-0.1, -0.05) is 6.07 Å². The molecule has 60 valence electrons. The Balaban J connectivity index is 3.15. The predicted octanol–water partition coefficient (Wildman–Crippen LogP) is 2.50. The van der Waals surface area contributed by atoms with Crippen LogP contribution >= 0.6 is 0 Å². The zero-order valence-corrected chi connectivity index (χ0v) is 6.09. The fourth-order valence-corrected chi connectivity index (χ4v) is 0.791. The lowest BCUT2D eigenvalue weighted by Gasteiger charge is -1.96. The van der Waals surface area contributed by atoms with Gasteiger partial charge in [0.2, 0.25) is 0 Å². The molecule has 0 N–H and O–H groups in total. The topological polar surface area (TPSA) is 23.8 Å². The van der Waals surface area contributed by atoms with E-state index >= 15 is 0 Å². The van der Waals surface area contributed by atoms with E-state index in [9.17, 15) is 8.78 Å². The lowest BCUT2D eigenvalue weighted by atomic mass is 10.2. The van der Waals surface area contributed by atoms with Gasteiger partial charge in [0, 0.05) is 11.6 Å². The van der Waals surface area contributed by atoms with Crippen LogP contribution in [0.4, 0.5) is 8.78 Å². The Bertz CT molecular complexity index is 330. The van der Waals surface area contributed by atoms with E-state index in [1.165, 1.54) is 6.07 Å². The van der Waals surface area contributed by atoms with Gasteiger partial charge in [-0.05, 0) is 18.2 Å². The first kappa shape index (κ1) is 8.41. The Morgan fingerprint density at radius 2 is 1.83 bits per heavy atom. The highest BCUT2D eigenvalue weighted by Crippen LogP contribution is 2.13. The standard InChI is InChI=1S/C9H5F2N/c10-8-4-1-5-9(11)7(8)3-2-6-12/h1-5H/b3-2+. The summed E-state index contributed by atoms with van der Waals surface area (Å²) in [5, 5.41) is 8.13. The van der Waals surface area contributed by atoms with Crippen molar-refractivity contribution < 1.29 is 8.78 Å². The predicted molar refractivity (Wildman–Crippen MR) is 41.0 cm³/mol. The summed E-state index contributed by atoms with van der Waals surface area (Å²) in [5.74, 6) is -1.33. The van der Waals surface area contributed by atoms with Crippen molar-refractivity contribution in [3.8, 4) is 6.07 Å². The SMILES string of the molecule is N#C/C=C/c1c(F)cccc1F. The second-order valence-electron chi connectivity index (χ2n) is 2.10. The fraction of sp³-hybridized carbons (Fsp3) is 0. The van der Waals surface area contributed by atoms with Crippen LogP contribution in [0.5, 0.6) is 0 Å². The van der Waals surface area contributed by atoms with Gasteiger partial charge in [-0.25, -0.2) is 8.78 Å². The van der Waals surface area contributed by atoms with E-state index in [0.717, 1.165) is 24.3 Å². The first-order valence-corrected chi connectivity index (χ1v) is 3.26. The van der Waals surface area contributed by atoms with Crippen LogP contribution in [0, 0.1) is 23.0 Å². The van der Waals surface area contributed by atoms with Gasteiger partial charge in [0.05, 0.1) is 6.07 Å². The van der Waals surface area contributed by atoms with Crippen molar-refractivity contribution in [3.05, 3.63) is 41.5 Å². The maximum absolute atomic E-state index is 12.8. The van der Waals surface area contributed by atoms with E-state index < -0.39 is 11.6 Å². The van der Waals surface area contributed by atoms with Gasteiger partial charge in [0.1, 0.15) is 11.6 Å². The summed E-state index contributed by atoms with van der Waals surface area (Å²) in [4.78, 5) is 0. The molecule has 1 rings (SSSR count). The second kappa shape index (κ2) is 3.63. The summed E-state index contributed by atoms with van der Waals surface area (Å²) in [6.07, 6.45) is 2.13. The molecule has 0 aliphatic carbocycles. The molecular weight excluding hydrogens is 160 g/mol. The van der Waals surface area contributed by atoms with Gasteiger partial charge in [-0.2, -0.15) is 5.26 Å². The smallest absolute Gasteiger partial charge is 0.133 e. The van der Waals surface area contributed by atoms with Crippen molar-refractivity contribution in [2.75, 3.05) is 0 Å². The molecule has 1 aromatic rings. The van der Waals surface area contributed by atoms with Gasteiger partial charge < -0.3 is 0 Å². The summed E-state index contributed by atoms with van der Waals surface area (Å²) >= 11 is 0. The number of nitriles is 1. The van der Waals surface area contributed by atoms with Crippen LogP contribution in [0.15, 0.2) is 24.3 Å². The molecule has 0 saturated carbocycles. The molecule has 0 unspecified atom stereocenters. The molecule has 0 heterocycles. The average molecular weight is 165 g/mol. The number of nitrogens with zero attached hydrogens (tertiary/aromatic N) is 1. The van der Waals surface area contributed by atoms with Gasteiger partial charge in [0.25, 0.3) is 0 Å². The van der Waals surface area contributed by atoms with Gasteiger partial charge >= 0.3 is 0 Å². The van der Waals surface area contributed by atoms with E-state index in [-0.39, 0.29) is 5.56 Å². The van der Waals surface area contributed by atoms with Gasteiger partial charge in [-0.3, -0.25) is 0 Å². The lowest BCUT2D eigenvalue weighted by molar-refractivity contribution is 0.579. The van der Waals surface area contributed by atoms with Gasteiger partial charge in [-0.15, -0.1) is 0 Å². The van der Waals surface area contributed by atoms with Crippen LogP contribution in [0.25, 0.3) is 6.08 Å². The van der Waals surface area contributed by atoms with Crippen LogP contribution in [-0.2, 0) is 0 Å². The number of hydrogen-bond acceptors (Lipinski definition) is 1. The minimum Gasteiger partial charge on any atom is -0.206 e. The largest absolute Gasteiger partial charge is 0.206 e. The van der Waals surface area contributed by atoms with Crippen molar-refractivity contribution in [3.63, 3.8) is 0 Å². The van der Waals surface area contributed by atoms with Crippen LogP contribution in [0.2, 0.25) is 0 Å². The Kier molecular flexibility index (Phi) is 2.54. The highest BCUT2D eigenvalue weighted by Gasteiger charge is 2.02. The van der Waals surface area contributed by atoms with E-state index in [1.807, 2.05) is 0 Å². The highest BCUT2D eigenvalue weighted by molar-refractivity contribution is 5.52. The third kappa shape index (κ3) is 1.67. The molecule has 12 heavy (non-hydrogen) atoms. The number of halogens is 2. The van der Waals surface area contributed by atoms with E-state index in [2.05, 4.69) is 0 Å². The molecule has 1 aromatic carbocycles. The number of allylic oxidation sites excluding steroid dienone is 1.